The molecule has 1 aliphatic carbocycles. The number of nitrogens with one attached hydrogen (secondary N) is 1. The summed E-state index contributed by atoms with van der Waals surface area (Å²) in [5, 5.41) is 3.33. The second kappa shape index (κ2) is 4.72. The van der Waals surface area contributed by atoms with E-state index in [4.69, 9.17) is 0 Å². The smallest absolute Gasteiger partial charge is 0.148 e. The van der Waals surface area contributed by atoms with Crippen LogP contribution in [-0.2, 0) is 0 Å². The van der Waals surface area contributed by atoms with Crippen LogP contribution in [0.3, 0.4) is 0 Å². The second-order valence-electron chi connectivity index (χ2n) is 4.54. The zero-order chi connectivity index (χ0) is 11.5. The molecule has 0 aromatic carbocycles. The lowest BCUT2D eigenvalue weighted by Crippen LogP contribution is -2.44. The fraction of sp³-hybridized carbons (Fsp3) is 0.538. The Morgan fingerprint density at radius 3 is 2.82 bits per heavy atom. The highest BCUT2D eigenvalue weighted by molar-refractivity contribution is 5.40. The van der Waals surface area contributed by atoms with Crippen molar-refractivity contribution in [3.8, 4) is 11.8 Å². The largest absolute Gasteiger partial charge is 0.353 e. The van der Waals surface area contributed by atoms with Crippen LogP contribution in [0.1, 0.15) is 18.5 Å². The lowest BCUT2D eigenvalue weighted by Gasteiger charge is -2.27. The summed E-state index contributed by atoms with van der Waals surface area (Å²) >= 11 is 0. The molecule has 88 valence electrons. The molecule has 1 saturated heterocycles. The normalized spacial score (nSPS) is 19.6. The molecule has 1 saturated carbocycles. The standard InChI is InChI=1S/C13H16N4/c1-2-11(1)3-4-12-9-15-10-13(16-12)17-7-5-14-6-8-17/h9-11,14H,1-2,5-8H2. The van der Waals surface area contributed by atoms with Gasteiger partial charge in [0, 0.05) is 32.1 Å². The third kappa shape index (κ3) is 2.75. The number of hydrogen-bond donors (Lipinski definition) is 1. The summed E-state index contributed by atoms with van der Waals surface area (Å²) in [6, 6.07) is 0. The van der Waals surface area contributed by atoms with Crippen molar-refractivity contribution >= 4 is 5.82 Å². The molecule has 2 aliphatic rings. The molecule has 3 rings (SSSR count). The predicted molar refractivity (Wildman–Crippen MR) is 66.7 cm³/mol. The predicted octanol–water partition coefficient (Wildman–Crippen LogP) is 0.648. The van der Waals surface area contributed by atoms with Gasteiger partial charge in [-0.2, -0.15) is 0 Å². The Bertz CT molecular complexity index is 450. The van der Waals surface area contributed by atoms with E-state index in [1.165, 1.54) is 12.8 Å². The molecule has 0 unspecified atom stereocenters. The molecule has 2 heterocycles. The first-order valence-corrected chi connectivity index (χ1v) is 6.21. The van der Waals surface area contributed by atoms with Gasteiger partial charge in [0.2, 0.25) is 0 Å². The average Bonchev–Trinajstić information content (AvgIpc) is 3.22. The fourth-order valence-electron chi connectivity index (χ4n) is 1.87. The monoisotopic (exact) mass is 228 g/mol. The summed E-state index contributed by atoms with van der Waals surface area (Å²) < 4.78 is 0. The van der Waals surface area contributed by atoms with Gasteiger partial charge in [0.25, 0.3) is 0 Å². The van der Waals surface area contributed by atoms with Crippen LogP contribution >= 0.6 is 0 Å². The van der Waals surface area contributed by atoms with Gasteiger partial charge in [0.05, 0.1) is 12.4 Å². The summed E-state index contributed by atoms with van der Waals surface area (Å²) in [5.41, 5.74) is 0.799. The number of piperazine rings is 1. The maximum Gasteiger partial charge on any atom is 0.148 e. The highest BCUT2D eigenvalue weighted by Crippen LogP contribution is 2.27. The molecule has 0 bridgehead atoms. The Kier molecular flexibility index (Phi) is 2.93. The molecule has 2 fully saturated rings. The van der Waals surface area contributed by atoms with Crippen LogP contribution in [0, 0.1) is 17.8 Å². The molecule has 4 nitrogen and oxygen atoms in total. The van der Waals surface area contributed by atoms with Crippen LogP contribution in [0.15, 0.2) is 12.4 Å². The van der Waals surface area contributed by atoms with Gasteiger partial charge in [0.15, 0.2) is 0 Å². The second-order valence-corrected chi connectivity index (χ2v) is 4.54. The third-order valence-electron chi connectivity index (χ3n) is 3.04. The molecule has 17 heavy (non-hydrogen) atoms. The highest BCUT2D eigenvalue weighted by atomic mass is 15.2. The molecule has 1 aromatic rings. The minimum atomic E-state index is 0.611. The molecule has 0 atom stereocenters. The zero-order valence-corrected chi connectivity index (χ0v) is 9.82. The van der Waals surface area contributed by atoms with Crippen molar-refractivity contribution in [3.05, 3.63) is 18.1 Å². The molecule has 1 aliphatic heterocycles. The molecule has 0 radical (unpaired) electrons. The fourth-order valence-corrected chi connectivity index (χ4v) is 1.87. The Morgan fingerprint density at radius 2 is 2.06 bits per heavy atom. The number of hydrogen-bond acceptors (Lipinski definition) is 4. The van der Waals surface area contributed by atoms with Crippen LogP contribution in [0.5, 0.6) is 0 Å². The summed E-state index contributed by atoms with van der Waals surface area (Å²) in [5.74, 6) is 7.90. The zero-order valence-electron chi connectivity index (χ0n) is 9.82. The van der Waals surface area contributed by atoms with E-state index in [1.807, 2.05) is 6.20 Å². The van der Waals surface area contributed by atoms with E-state index < -0.39 is 0 Å². The summed E-state index contributed by atoms with van der Waals surface area (Å²) in [4.78, 5) is 11.0. The summed E-state index contributed by atoms with van der Waals surface area (Å²) in [6.45, 7) is 4.02. The lowest BCUT2D eigenvalue weighted by molar-refractivity contribution is 0.584. The van der Waals surface area contributed by atoms with Crippen molar-refractivity contribution in [2.24, 2.45) is 5.92 Å². The highest BCUT2D eigenvalue weighted by Gasteiger charge is 2.18. The number of rotatable bonds is 1. The first-order valence-electron chi connectivity index (χ1n) is 6.21. The Hall–Kier alpha value is -1.60. The average molecular weight is 228 g/mol. The van der Waals surface area contributed by atoms with Crippen molar-refractivity contribution in [2.45, 2.75) is 12.8 Å². The first-order chi connectivity index (χ1) is 8.42. The van der Waals surface area contributed by atoms with E-state index in [0.29, 0.717) is 5.92 Å². The van der Waals surface area contributed by atoms with E-state index in [-0.39, 0.29) is 0 Å². The van der Waals surface area contributed by atoms with Gasteiger partial charge < -0.3 is 10.2 Å². The maximum absolute atomic E-state index is 4.56. The van der Waals surface area contributed by atoms with Crippen LogP contribution < -0.4 is 10.2 Å². The van der Waals surface area contributed by atoms with Gasteiger partial charge in [-0.15, -0.1) is 0 Å². The molecule has 1 aromatic heterocycles. The van der Waals surface area contributed by atoms with E-state index in [0.717, 1.165) is 37.7 Å². The Morgan fingerprint density at radius 1 is 1.24 bits per heavy atom. The van der Waals surface area contributed by atoms with Gasteiger partial charge in [-0.1, -0.05) is 5.92 Å². The summed E-state index contributed by atoms with van der Waals surface area (Å²) in [6.07, 6.45) is 6.07. The molecule has 1 N–H and O–H groups in total. The molecule has 0 spiro atoms. The van der Waals surface area contributed by atoms with E-state index >= 15 is 0 Å². The number of aromatic nitrogens is 2. The van der Waals surface area contributed by atoms with Crippen molar-refractivity contribution in [1.29, 1.82) is 0 Å². The van der Waals surface area contributed by atoms with Crippen molar-refractivity contribution < 1.29 is 0 Å². The van der Waals surface area contributed by atoms with Crippen LogP contribution in [-0.4, -0.2) is 36.1 Å². The third-order valence-corrected chi connectivity index (χ3v) is 3.04. The van der Waals surface area contributed by atoms with Crippen molar-refractivity contribution in [3.63, 3.8) is 0 Å². The van der Waals surface area contributed by atoms with Gasteiger partial charge in [0.1, 0.15) is 11.5 Å². The molecule has 4 heteroatoms. The van der Waals surface area contributed by atoms with Gasteiger partial charge >= 0.3 is 0 Å². The Labute approximate surface area is 101 Å². The van der Waals surface area contributed by atoms with E-state index in [1.54, 1.807) is 6.20 Å². The van der Waals surface area contributed by atoms with Crippen molar-refractivity contribution in [2.75, 3.05) is 31.1 Å². The van der Waals surface area contributed by atoms with Crippen LogP contribution in [0.2, 0.25) is 0 Å². The van der Waals surface area contributed by atoms with E-state index in [9.17, 15) is 0 Å². The first kappa shape index (κ1) is 10.5. The quantitative estimate of drug-likeness (QED) is 0.716. The number of nitrogens with zero attached hydrogens (tertiary/aromatic N) is 3. The topological polar surface area (TPSA) is 41.1 Å². The van der Waals surface area contributed by atoms with Crippen molar-refractivity contribution in [1.82, 2.24) is 15.3 Å². The van der Waals surface area contributed by atoms with Gasteiger partial charge in [-0.25, -0.2) is 4.98 Å². The molecule has 0 amide bonds. The van der Waals surface area contributed by atoms with Gasteiger partial charge in [-0.05, 0) is 18.8 Å². The minimum Gasteiger partial charge on any atom is -0.353 e. The van der Waals surface area contributed by atoms with Crippen LogP contribution in [0.25, 0.3) is 0 Å². The molecular weight excluding hydrogens is 212 g/mol. The minimum absolute atomic E-state index is 0.611. The van der Waals surface area contributed by atoms with E-state index in [2.05, 4.69) is 32.0 Å². The maximum atomic E-state index is 4.56. The Balaban J connectivity index is 1.75. The van der Waals surface area contributed by atoms with Gasteiger partial charge in [-0.3, -0.25) is 4.98 Å². The van der Waals surface area contributed by atoms with Crippen LogP contribution in [0.4, 0.5) is 5.82 Å². The SMILES string of the molecule is C(#CC1CC1)c1cncc(N2CCNCC2)n1. The number of anilines is 1. The lowest BCUT2D eigenvalue weighted by atomic mass is 10.3. The summed E-state index contributed by atoms with van der Waals surface area (Å²) in [7, 11) is 0. The molecular formula is C13H16N4.